The van der Waals surface area contributed by atoms with Crippen molar-refractivity contribution in [2.24, 2.45) is 0 Å². The Morgan fingerprint density at radius 3 is 1.60 bits per heavy atom. The molecule has 1 aliphatic heterocycles. The number of likely N-dealkylation sites (tertiary alicyclic amines) is 1. The first-order valence-corrected chi connectivity index (χ1v) is 22.8. The van der Waals surface area contributed by atoms with Gasteiger partial charge in [-0.15, -0.1) is 0 Å². The molecule has 4 aromatic carbocycles. The third-order valence-corrected chi connectivity index (χ3v) is 12.4. The van der Waals surface area contributed by atoms with Gasteiger partial charge in [0.05, 0.1) is 38.7 Å². The first-order valence-electron chi connectivity index (χ1n) is 22.8. The molecule has 1 saturated heterocycles. The first kappa shape index (κ1) is 44.7. The molecule has 6 N–H and O–H groups in total. The van der Waals surface area contributed by atoms with Gasteiger partial charge in [0.2, 0.25) is 11.9 Å². The third-order valence-electron chi connectivity index (χ3n) is 12.4. The topological polar surface area (TPSA) is 201 Å². The summed E-state index contributed by atoms with van der Waals surface area (Å²) >= 11 is 0. The molecule has 4 aromatic heterocycles. The van der Waals surface area contributed by atoms with Crippen molar-refractivity contribution in [1.29, 1.82) is 0 Å². The second-order valence-corrected chi connectivity index (χ2v) is 19.3. The zero-order chi connectivity index (χ0) is 47.2. The van der Waals surface area contributed by atoms with E-state index in [4.69, 9.17) is 21.4 Å². The summed E-state index contributed by atoms with van der Waals surface area (Å²) in [7, 11) is 0. The lowest BCUT2D eigenvalue weighted by Crippen LogP contribution is -2.49. The lowest BCUT2D eigenvalue weighted by Gasteiger charge is -2.39. The van der Waals surface area contributed by atoms with Gasteiger partial charge in [-0.3, -0.25) is 9.59 Å². The maximum absolute atomic E-state index is 14.3. The Morgan fingerprint density at radius 1 is 0.642 bits per heavy atom. The third kappa shape index (κ3) is 9.06. The number of hydrogen-bond donors (Lipinski definition) is 4. The van der Waals surface area contributed by atoms with E-state index >= 15 is 0 Å². The van der Waals surface area contributed by atoms with Crippen molar-refractivity contribution in [2.45, 2.75) is 84.5 Å². The van der Waals surface area contributed by atoms with Gasteiger partial charge in [0.25, 0.3) is 11.8 Å². The molecule has 8 aromatic rings. The molecule has 67 heavy (non-hydrogen) atoms. The number of carbonyl (C=O) groups is 2. The van der Waals surface area contributed by atoms with E-state index in [2.05, 4.69) is 91.4 Å². The van der Waals surface area contributed by atoms with Crippen LogP contribution in [0.2, 0.25) is 0 Å². The molecular formula is C52H57N13O2. The average Bonchev–Trinajstić information content (AvgIpc) is 3.89. The lowest BCUT2D eigenvalue weighted by atomic mass is 9.97. The standard InChI is InChI=1S/C52H57N13O2/c1-31(2)59-47(66)39-14-10-9-13-38(39)46-62-42-25-33(35-28-57-50(54)58-29-35)17-19-44(42)65(46)52(6,7)30-63-22-20-36(21-23-63)60-48(67)40-15-11-8-12-37(40)45-61-41-24-32(34-26-55-49(53)56-27-34)16-18-43(41)64(45)51(3,4)5/h8-19,24-29,31,36H,20-23,30H2,1-7H3,(H,59,66)(H,60,67)(H2,53,55,56)(H2,54,57,58). The molecule has 15 nitrogen and oxygen atoms in total. The molecule has 0 spiro atoms. The Labute approximate surface area is 390 Å². The van der Waals surface area contributed by atoms with Crippen molar-refractivity contribution in [3.8, 4) is 45.0 Å². The van der Waals surface area contributed by atoms with Gasteiger partial charge in [-0.05, 0) is 109 Å². The smallest absolute Gasteiger partial charge is 0.252 e. The van der Waals surface area contributed by atoms with Gasteiger partial charge in [-0.2, -0.15) is 0 Å². The predicted molar refractivity (Wildman–Crippen MR) is 265 cm³/mol. The van der Waals surface area contributed by atoms with Gasteiger partial charge >= 0.3 is 0 Å². The Morgan fingerprint density at radius 2 is 1.10 bits per heavy atom. The highest BCUT2D eigenvalue weighted by molar-refractivity contribution is 6.02. The molecule has 1 aliphatic rings. The van der Waals surface area contributed by atoms with Crippen LogP contribution in [0.4, 0.5) is 11.9 Å². The van der Waals surface area contributed by atoms with E-state index in [0.717, 1.165) is 87.2 Å². The molecule has 0 unspecified atom stereocenters. The van der Waals surface area contributed by atoms with Gasteiger partial charge in [-0.1, -0.05) is 48.5 Å². The summed E-state index contributed by atoms with van der Waals surface area (Å²) in [5, 5.41) is 6.47. The number of fused-ring (bicyclic) bond motifs is 2. The molecule has 0 radical (unpaired) electrons. The van der Waals surface area contributed by atoms with Crippen LogP contribution in [0.3, 0.4) is 0 Å². The van der Waals surface area contributed by atoms with Crippen LogP contribution < -0.4 is 22.1 Å². The normalized spacial score (nSPS) is 14.0. The van der Waals surface area contributed by atoms with E-state index in [1.807, 2.05) is 86.6 Å². The minimum Gasteiger partial charge on any atom is -0.368 e. The zero-order valence-corrected chi connectivity index (χ0v) is 39.1. The molecule has 0 atom stereocenters. The fourth-order valence-corrected chi connectivity index (χ4v) is 9.36. The molecule has 5 heterocycles. The number of nitrogens with two attached hydrogens (primary N) is 2. The summed E-state index contributed by atoms with van der Waals surface area (Å²) < 4.78 is 4.48. The van der Waals surface area contributed by atoms with Crippen molar-refractivity contribution < 1.29 is 9.59 Å². The van der Waals surface area contributed by atoms with Crippen LogP contribution in [0.15, 0.2) is 110 Å². The monoisotopic (exact) mass is 895 g/mol. The Kier molecular flexibility index (Phi) is 11.8. The van der Waals surface area contributed by atoms with Crippen LogP contribution in [0.25, 0.3) is 67.1 Å². The average molecular weight is 896 g/mol. The van der Waals surface area contributed by atoms with E-state index in [1.54, 1.807) is 24.8 Å². The number of imidazole rings is 2. The summed E-state index contributed by atoms with van der Waals surface area (Å²) in [6.45, 7) is 17.1. The highest BCUT2D eigenvalue weighted by Crippen LogP contribution is 2.37. The number of nitrogens with one attached hydrogen (secondary N) is 2. The van der Waals surface area contributed by atoms with Gasteiger partial charge < -0.3 is 36.1 Å². The first-order chi connectivity index (χ1) is 32.0. The second kappa shape index (κ2) is 17.7. The molecular weight excluding hydrogens is 839 g/mol. The minimum absolute atomic E-state index is 0.0160. The van der Waals surface area contributed by atoms with Crippen LogP contribution in [0, 0.1) is 0 Å². The highest BCUT2D eigenvalue weighted by Gasteiger charge is 2.33. The van der Waals surface area contributed by atoms with Crippen molar-refractivity contribution in [3.63, 3.8) is 0 Å². The SMILES string of the molecule is CC(C)NC(=O)c1ccccc1-c1nc2cc(-c3cnc(N)nc3)ccc2n1C(C)(C)CN1CCC(NC(=O)c2ccccc2-c2nc3cc(-c4cnc(N)nc4)ccc3n2C(C)(C)C)CC1. The Balaban J connectivity index is 0.961. The lowest BCUT2D eigenvalue weighted by molar-refractivity contribution is 0.0894. The van der Waals surface area contributed by atoms with Gasteiger partial charge in [0, 0.05) is 84.3 Å². The molecule has 2 amide bonds. The largest absolute Gasteiger partial charge is 0.368 e. The number of amides is 2. The van der Waals surface area contributed by atoms with E-state index in [9.17, 15) is 9.59 Å². The Bertz CT molecular complexity index is 3120. The number of nitrogens with zero attached hydrogens (tertiary/aromatic N) is 9. The summed E-state index contributed by atoms with van der Waals surface area (Å²) in [6, 6.07) is 27.6. The van der Waals surface area contributed by atoms with Crippen molar-refractivity contribution >= 4 is 45.8 Å². The van der Waals surface area contributed by atoms with Gasteiger partial charge in [0.15, 0.2) is 0 Å². The maximum atomic E-state index is 14.3. The number of hydrogen-bond acceptors (Lipinski definition) is 11. The van der Waals surface area contributed by atoms with Crippen molar-refractivity contribution in [2.75, 3.05) is 31.1 Å². The van der Waals surface area contributed by atoms with Crippen LogP contribution in [0.5, 0.6) is 0 Å². The molecule has 1 fully saturated rings. The number of nitrogen functional groups attached to an aromatic ring is 2. The molecule has 0 aliphatic carbocycles. The maximum Gasteiger partial charge on any atom is 0.252 e. The van der Waals surface area contributed by atoms with Crippen LogP contribution >= 0.6 is 0 Å². The quantitative estimate of drug-likeness (QED) is 0.0973. The zero-order valence-electron chi connectivity index (χ0n) is 39.1. The minimum atomic E-state index is -0.477. The summed E-state index contributed by atoms with van der Waals surface area (Å²) in [4.78, 5) is 57.6. The number of anilines is 2. The van der Waals surface area contributed by atoms with Crippen LogP contribution in [-0.4, -0.2) is 87.5 Å². The summed E-state index contributed by atoms with van der Waals surface area (Å²) in [5.41, 5.74) is 20.4. The summed E-state index contributed by atoms with van der Waals surface area (Å²) in [5.74, 6) is 1.59. The van der Waals surface area contributed by atoms with E-state index < -0.39 is 5.54 Å². The second-order valence-electron chi connectivity index (χ2n) is 19.3. The molecule has 9 rings (SSSR count). The van der Waals surface area contributed by atoms with Gasteiger partial charge in [-0.25, -0.2) is 29.9 Å². The predicted octanol–water partition coefficient (Wildman–Crippen LogP) is 8.32. The van der Waals surface area contributed by atoms with E-state index in [-0.39, 0.29) is 41.3 Å². The van der Waals surface area contributed by atoms with E-state index in [0.29, 0.717) is 23.5 Å². The molecule has 0 bridgehead atoms. The molecule has 342 valence electrons. The fourth-order valence-electron chi connectivity index (χ4n) is 9.36. The fraction of sp³-hybridized carbons (Fsp3) is 0.308. The van der Waals surface area contributed by atoms with E-state index in [1.165, 1.54) is 0 Å². The van der Waals surface area contributed by atoms with Crippen LogP contribution in [-0.2, 0) is 11.1 Å². The van der Waals surface area contributed by atoms with Crippen molar-refractivity contribution in [3.05, 3.63) is 121 Å². The number of benzene rings is 4. The summed E-state index contributed by atoms with van der Waals surface area (Å²) in [6.07, 6.45) is 8.40. The Hall–Kier alpha value is -7.52. The number of rotatable bonds is 11. The molecule has 15 heteroatoms. The number of piperidine rings is 1. The number of aromatic nitrogens is 8. The van der Waals surface area contributed by atoms with Crippen molar-refractivity contribution in [1.82, 2.24) is 54.6 Å². The number of carbonyl (C=O) groups excluding carboxylic acids is 2. The highest BCUT2D eigenvalue weighted by atomic mass is 16.2. The van der Waals surface area contributed by atoms with Crippen LogP contribution in [0.1, 0.15) is 82.0 Å². The molecule has 0 saturated carbocycles. The van der Waals surface area contributed by atoms with Gasteiger partial charge in [0.1, 0.15) is 11.6 Å².